The molecule has 20 heavy (non-hydrogen) atoms. The summed E-state index contributed by atoms with van der Waals surface area (Å²) in [5, 5.41) is 0. The summed E-state index contributed by atoms with van der Waals surface area (Å²) in [6, 6.07) is 13.6. The summed E-state index contributed by atoms with van der Waals surface area (Å²) in [7, 11) is 1.60. The summed E-state index contributed by atoms with van der Waals surface area (Å²) in [6.45, 7) is 1.33. The van der Waals surface area contributed by atoms with E-state index in [0.29, 0.717) is 24.4 Å². The Balaban J connectivity index is 1.88. The molecule has 0 saturated carbocycles. The van der Waals surface area contributed by atoms with Gasteiger partial charge in [0.2, 0.25) is 0 Å². The normalized spacial score (nSPS) is 13.2. The van der Waals surface area contributed by atoms with E-state index in [1.54, 1.807) is 13.2 Å². The minimum Gasteiger partial charge on any atom is -0.497 e. The van der Waals surface area contributed by atoms with E-state index in [4.69, 9.17) is 4.74 Å². The molecular weight excluding hydrogens is 318 g/mol. The van der Waals surface area contributed by atoms with Crippen molar-refractivity contribution in [2.45, 2.75) is 13.1 Å². The second-order valence-corrected chi connectivity index (χ2v) is 5.63. The fraction of sp³-hybridized carbons (Fsp3) is 0.188. The quantitative estimate of drug-likeness (QED) is 0.841. The maximum atomic E-state index is 12.6. The predicted octanol–water partition coefficient (Wildman–Crippen LogP) is 3.61. The molecule has 3 nitrogen and oxygen atoms in total. The molecule has 0 aromatic heterocycles. The Labute approximate surface area is 126 Å². The monoisotopic (exact) mass is 331 g/mol. The molecule has 0 aliphatic carbocycles. The van der Waals surface area contributed by atoms with E-state index < -0.39 is 0 Å². The molecule has 1 aliphatic rings. The van der Waals surface area contributed by atoms with Crippen molar-refractivity contribution in [2.75, 3.05) is 7.11 Å². The van der Waals surface area contributed by atoms with Gasteiger partial charge in [-0.1, -0.05) is 24.3 Å². The molecule has 1 aliphatic heterocycles. The first kappa shape index (κ1) is 13.2. The molecule has 2 aromatic carbocycles. The van der Waals surface area contributed by atoms with Gasteiger partial charge in [0, 0.05) is 17.6 Å². The smallest absolute Gasteiger partial charge is 0.255 e. The highest BCUT2D eigenvalue weighted by molar-refractivity contribution is 9.10. The Kier molecular flexibility index (Phi) is 3.49. The second kappa shape index (κ2) is 5.29. The van der Waals surface area contributed by atoms with Crippen LogP contribution in [0.4, 0.5) is 0 Å². The number of fused-ring (bicyclic) bond motifs is 1. The molecule has 0 fully saturated rings. The van der Waals surface area contributed by atoms with E-state index in [1.807, 2.05) is 29.2 Å². The molecule has 3 rings (SSSR count). The Bertz CT molecular complexity index is 644. The van der Waals surface area contributed by atoms with Crippen LogP contribution in [0.5, 0.6) is 5.75 Å². The van der Waals surface area contributed by atoms with E-state index in [1.165, 1.54) is 11.1 Å². The summed E-state index contributed by atoms with van der Waals surface area (Å²) in [5.41, 5.74) is 3.08. The number of ether oxygens (including phenoxy) is 1. The van der Waals surface area contributed by atoms with Crippen molar-refractivity contribution in [1.82, 2.24) is 4.90 Å². The standard InChI is InChI=1S/C16H14BrNO2/c1-20-13-6-7-15(17)14(8-13)16(19)18-9-11-4-2-3-5-12(11)10-18/h2-8H,9-10H2,1H3. The number of nitrogens with zero attached hydrogens (tertiary/aromatic N) is 1. The van der Waals surface area contributed by atoms with Crippen LogP contribution < -0.4 is 4.74 Å². The average Bonchev–Trinajstić information content (AvgIpc) is 2.91. The molecule has 1 heterocycles. The molecule has 0 saturated heterocycles. The van der Waals surface area contributed by atoms with E-state index in [9.17, 15) is 4.79 Å². The maximum absolute atomic E-state index is 12.6. The van der Waals surface area contributed by atoms with E-state index in [2.05, 4.69) is 28.1 Å². The first-order chi connectivity index (χ1) is 9.69. The summed E-state index contributed by atoms with van der Waals surface area (Å²) in [6.07, 6.45) is 0. The summed E-state index contributed by atoms with van der Waals surface area (Å²) < 4.78 is 5.98. The second-order valence-electron chi connectivity index (χ2n) is 4.78. The average molecular weight is 332 g/mol. The van der Waals surface area contributed by atoms with Crippen molar-refractivity contribution in [2.24, 2.45) is 0 Å². The van der Waals surface area contributed by atoms with Crippen molar-refractivity contribution < 1.29 is 9.53 Å². The van der Waals surface area contributed by atoms with Crippen LogP contribution in [-0.4, -0.2) is 17.9 Å². The van der Waals surface area contributed by atoms with Crippen molar-refractivity contribution in [1.29, 1.82) is 0 Å². The van der Waals surface area contributed by atoms with Gasteiger partial charge < -0.3 is 9.64 Å². The Morgan fingerprint density at radius 1 is 1.15 bits per heavy atom. The molecular formula is C16H14BrNO2. The van der Waals surface area contributed by atoms with Crippen molar-refractivity contribution in [3.8, 4) is 5.75 Å². The van der Waals surface area contributed by atoms with Crippen LogP contribution in [0.2, 0.25) is 0 Å². The number of halogens is 1. The van der Waals surface area contributed by atoms with E-state index >= 15 is 0 Å². The molecule has 0 N–H and O–H groups in total. The first-order valence-electron chi connectivity index (χ1n) is 6.38. The maximum Gasteiger partial charge on any atom is 0.255 e. The molecule has 1 amide bonds. The molecule has 2 aromatic rings. The highest BCUT2D eigenvalue weighted by atomic mass is 79.9. The highest BCUT2D eigenvalue weighted by Gasteiger charge is 2.25. The van der Waals surface area contributed by atoms with Gasteiger partial charge in [-0.2, -0.15) is 0 Å². The van der Waals surface area contributed by atoms with Crippen molar-refractivity contribution >= 4 is 21.8 Å². The van der Waals surface area contributed by atoms with Gasteiger partial charge in [0.25, 0.3) is 5.91 Å². The minimum atomic E-state index is 0.0203. The summed E-state index contributed by atoms with van der Waals surface area (Å²) >= 11 is 3.44. The van der Waals surface area contributed by atoms with Gasteiger partial charge in [0.1, 0.15) is 5.75 Å². The third-order valence-electron chi connectivity index (χ3n) is 3.53. The lowest BCUT2D eigenvalue weighted by molar-refractivity contribution is 0.0750. The van der Waals surface area contributed by atoms with Crippen LogP contribution in [-0.2, 0) is 13.1 Å². The zero-order chi connectivity index (χ0) is 14.1. The van der Waals surface area contributed by atoms with Gasteiger partial charge in [-0.3, -0.25) is 4.79 Å². The van der Waals surface area contributed by atoms with Gasteiger partial charge >= 0.3 is 0 Å². The summed E-state index contributed by atoms with van der Waals surface area (Å²) in [4.78, 5) is 14.5. The van der Waals surface area contributed by atoms with Crippen molar-refractivity contribution in [3.05, 3.63) is 63.6 Å². The number of rotatable bonds is 2. The number of carbonyl (C=O) groups is 1. The number of amides is 1. The predicted molar refractivity (Wildman–Crippen MR) is 80.7 cm³/mol. The third kappa shape index (κ3) is 2.31. The first-order valence-corrected chi connectivity index (χ1v) is 7.18. The lowest BCUT2D eigenvalue weighted by Gasteiger charge is -2.17. The molecule has 0 spiro atoms. The Hall–Kier alpha value is -1.81. The van der Waals surface area contributed by atoms with Gasteiger partial charge in [0.15, 0.2) is 0 Å². The molecule has 0 bridgehead atoms. The van der Waals surface area contributed by atoms with Crippen LogP contribution in [0.25, 0.3) is 0 Å². The SMILES string of the molecule is COc1ccc(Br)c(C(=O)N2Cc3ccccc3C2)c1. The van der Waals surface area contributed by atoms with Gasteiger partial charge in [-0.25, -0.2) is 0 Å². The third-order valence-corrected chi connectivity index (χ3v) is 4.22. The largest absolute Gasteiger partial charge is 0.497 e. The lowest BCUT2D eigenvalue weighted by Crippen LogP contribution is -2.25. The Morgan fingerprint density at radius 3 is 2.40 bits per heavy atom. The summed E-state index contributed by atoms with van der Waals surface area (Å²) in [5.74, 6) is 0.709. The number of hydrogen-bond donors (Lipinski definition) is 0. The fourth-order valence-corrected chi connectivity index (χ4v) is 2.86. The van der Waals surface area contributed by atoms with Crippen LogP contribution in [0.15, 0.2) is 46.9 Å². The number of benzene rings is 2. The zero-order valence-electron chi connectivity index (χ0n) is 11.1. The zero-order valence-corrected chi connectivity index (χ0v) is 12.7. The molecule has 0 atom stereocenters. The van der Waals surface area contributed by atoms with E-state index in [0.717, 1.165) is 4.47 Å². The number of carbonyl (C=O) groups excluding carboxylic acids is 1. The number of methoxy groups -OCH3 is 1. The fourth-order valence-electron chi connectivity index (χ4n) is 2.44. The highest BCUT2D eigenvalue weighted by Crippen LogP contribution is 2.28. The topological polar surface area (TPSA) is 29.5 Å². The van der Waals surface area contributed by atoms with Gasteiger partial charge in [0.05, 0.1) is 12.7 Å². The molecule has 102 valence electrons. The molecule has 4 heteroatoms. The Morgan fingerprint density at radius 2 is 1.80 bits per heavy atom. The lowest BCUT2D eigenvalue weighted by atomic mass is 10.1. The van der Waals surface area contributed by atoms with Crippen LogP contribution in [0.1, 0.15) is 21.5 Å². The number of hydrogen-bond acceptors (Lipinski definition) is 2. The molecule has 0 unspecified atom stereocenters. The minimum absolute atomic E-state index is 0.0203. The van der Waals surface area contributed by atoms with E-state index in [-0.39, 0.29) is 5.91 Å². The van der Waals surface area contributed by atoms with Crippen LogP contribution >= 0.6 is 15.9 Å². The van der Waals surface area contributed by atoms with Gasteiger partial charge in [-0.05, 0) is 45.3 Å². The van der Waals surface area contributed by atoms with Crippen LogP contribution in [0, 0.1) is 0 Å². The van der Waals surface area contributed by atoms with Gasteiger partial charge in [-0.15, -0.1) is 0 Å². The van der Waals surface area contributed by atoms with Crippen LogP contribution in [0.3, 0.4) is 0 Å². The molecule has 0 radical (unpaired) electrons. The van der Waals surface area contributed by atoms with Crippen molar-refractivity contribution in [3.63, 3.8) is 0 Å².